The number of pyridine rings is 2. The van der Waals surface area contributed by atoms with E-state index in [1.54, 1.807) is 0 Å². The van der Waals surface area contributed by atoms with E-state index in [0.29, 0.717) is 18.6 Å². The van der Waals surface area contributed by atoms with Gasteiger partial charge in [0.1, 0.15) is 0 Å². The van der Waals surface area contributed by atoms with Crippen molar-refractivity contribution in [1.29, 1.82) is 0 Å². The molecule has 0 aromatic carbocycles. The number of hydrogen-bond donors (Lipinski definition) is 3. The number of fused-ring (bicyclic) bond motifs is 2. The molecular weight excluding hydrogens is 376 g/mol. The van der Waals surface area contributed by atoms with Crippen molar-refractivity contribution in [2.45, 2.75) is 44.3 Å². The van der Waals surface area contributed by atoms with Gasteiger partial charge in [-0.25, -0.2) is 4.79 Å². The minimum absolute atomic E-state index is 0.302. The fourth-order valence-corrected chi connectivity index (χ4v) is 4.51. The number of urea groups is 1. The fraction of sp³-hybridized carbons (Fsp3) is 0.435. The standard InChI is InChI=1S/C23H30N6O/c24-23(30)27-10-1-2-13-29(21-9-3-6-17-7-4-12-26-22(17)21)16-19-14-20-18(15-28-19)8-5-11-25-20/h1-2,4-5,7-8,11-12,19,21,28H,3,6,9-10,13-16H2,(H3,24,27,30)/b2-1-/t19-,21+/m1/s1. The number of nitrogens with two attached hydrogens (primary N) is 1. The molecule has 7 heteroatoms. The second-order valence-electron chi connectivity index (χ2n) is 8.02. The van der Waals surface area contributed by atoms with E-state index in [1.165, 1.54) is 28.9 Å². The third-order valence-electron chi connectivity index (χ3n) is 5.97. The Balaban J connectivity index is 1.49. The van der Waals surface area contributed by atoms with Crippen LogP contribution in [0.5, 0.6) is 0 Å². The van der Waals surface area contributed by atoms with Crippen LogP contribution in [0.2, 0.25) is 0 Å². The molecule has 0 bridgehead atoms. The lowest BCUT2D eigenvalue weighted by molar-refractivity contribution is 0.170. The molecule has 3 heterocycles. The number of amides is 2. The van der Waals surface area contributed by atoms with Crippen molar-refractivity contribution in [2.75, 3.05) is 19.6 Å². The normalized spacial score (nSPS) is 20.7. The Bertz CT molecular complexity index is 899. The maximum atomic E-state index is 10.9. The van der Waals surface area contributed by atoms with E-state index in [9.17, 15) is 4.79 Å². The van der Waals surface area contributed by atoms with Gasteiger partial charge in [0.2, 0.25) is 0 Å². The monoisotopic (exact) mass is 406 g/mol. The van der Waals surface area contributed by atoms with E-state index in [-0.39, 0.29) is 0 Å². The van der Waals surface area contributed by atoms with Crippen molar-refractivity contribution < 1.29 is 4.79 Å². The third-order valence-corrected chi connectivity index (χ3v) is 5.97. The number of aromatic nitrogens is 2. The molecule has 7 nitrogen and oxygen atoms in total. The van der Waals surface area contributed by atoms with Crippen LogP contribution in [0, 0.1) is 0 Å². The number of rotatable bonds is 7. The van der Waals surface area contributed by atoms with Crippen molar-refractivity contribution in [1.82, 2.24) is 25.5 Å². The molecule has 30 heavy (non-hydrogen) atoms. The molecule has 0 fully saturated rings. The number of carbonyl (C=O) groups is 1. The van der Waals surface area contributed by atoms with Crippen LogP contribution in [-0.4, -0.2) is 46.6 Å². The molecule has 2 aromatic heterocycles. The second kappa shape index (κ2) is 9.82. The predicted octanol–water partition coefficient (Wildman–Crippen LogP) is 2.10. The van der Waals surface area contributed by atoms with E-state index < -0.39 is 6.03 Å². The largest absolute Gasteiger partial charge is 0.352 e. The van der Waals surface area contributed by atoms with Gasteiger partial charge in [-0.3, -0.25) is 14.9 Å². The Kier molecular flexibility index (Phi) is 6.71. The first-order chi connectivity index (χ1) is 14.7. The van der Waals surface area contributed by atoms with Gasteiger partial charge < -0.3 is 16.4 Å². The Morgan fingerprint density at radius 1 is 1.23 bits per heavy atom. The zero-order valence-corrected chi connectivity index (χ0v) is 17.3. The molecule has 2 aliphatic rings. The molecule has 2 atom stereocenters. The summed E-state index contributed by atoms with van der Waals surface area (Å²) in [7, 11) is 0. The first-order valence-electron chi connectivity index (χ1n) is 10.7. The van der Waals surface area contributed by atoms with Crippen LogP contribution in [0.4, 0.5) is 4.79 Å². The quantitative estimate of drug-likeness (QED) is 0.612. The molecule has 4 rings (SSSR count). The third kappa shape index (κ3) is 5.04. The first-order valence-corrected chi connectivity index (χ1v) is 10.7. The van der Waals surface area contributed by atoms with E-state index >= 15 is 0 Å². The number of carbonyl (C=O) groups excluding carboxylic acids is 1. The van der Waals surface area contributed by atoms with Gasteiger partial charge in [0.05, 0.1) is 11.7 Å². The summed E-state index contributed by atoms with van der Waals surface area (Å²) >= 11 is 0. The summed E-state index contributed by atoms with van der Waals surface area (Å²) < 4.78 is 0. The molecule has 4 N–H and O–H groups in total. The van der Waals surface area contributed by atoms with Gasteiger partial charge in [-0.15, -0.1) is 0 Å². The lowest BCUT2D eigenvalue weighted by atomic mass is 9.90. The van der Waals surface area contributed by atoms with Gasteiger partial charge >= 0.3 is 6.03 Å². The van der Waals surface area contributed by atoms with Gasteiger partial charge in [0.15, 0.2) is 0 Å². The maximum Gasteiger partial charge on any atom is 0.312 e. The lowest BCUT2D eigenvalue weighted by Gasteiger charge is -2.37. The highest BCUT2D eigenvalue weighted by Crippen LogP contribution is 2.33. The Morgan fingerprint density at radius 2 is 2.07 bits per heavy atom. The maximum absolute atomic E-state index is 10.9. The average Bonchev–Trinajstić information content (AvgIpc) is 2.77. The molecule has 0 saturated carbocycles. The zero-order chi connectivity index (χ0) is 20.8. The highest BCUT2D eigenvalue weighted by Gasteiger charge is 2.29. The molecule has 0 spiro atoms. The summed E-state index contributed by atoms with van der Waals surface area (Å²) in [6.07, 6.45) is 12.2. The molecule has 2 aromatic rings. The van der Waals surface area contributed by atoms with Crippen LogP contribution in [0.3, 0.4) is 0 Å². The second-order valence-corrected chi connectivity index (χ2v) is 8.02. The van der Waals surface area contributed by atoms with Crippen LogP contribution in [0.25, 0.3) is 0 Å². The molecule has 0 unspecified atom stereocenters. The fourth-order valence-electron chi connectivity index (χ4n) is 4.51. The number of nitrogens with one attached hydrogen (secondary N) is 2. The summed E-state index contributed by atoms with van der Waals surface area (Å²) in [5.74, 6) is 0. The van der Waals surface area contributed by atoms with E-state index in [2.05, 4.69) is 38.7 Å². The first kappa shape index (κ1) is 20.5. The minimum atomic E-state index is -0.500. The molecule has 0 radical (unpaired) electrons. The lowest BCUT2D eigenvalue weighted by Crippen LogP contribution is -2.46. The summed E-state index contributed by atoms with van der Waals surface area (Å²) in [6.45, 7) is 3.03. The Labute approximate surface area is 177 Å². The van der Waals surface area contributed by atoms with Crippen molar-refractivity contribution in [3.8, 4) is 0 Å². The van der Waals surface area contributed by atoms with Gasteiger partial charge in [-0.1, -0.05) is 24.3 Å². The highest BCUT2D eigenvalue weighted by atomic mass is 16.2. The van der Waals surface area contributed by atoms with Crippen molar-refractivity contribution in [3.05, 3.63) is 71.3 Å². The number of primary amides is 1. The number of hydrogen-bond acceptors (Lipinski definition) is 5. The highest BCUT2D eigenvalue weighted by molar-refractivity contribution is 5.71. The molecule has 158 valence electrons. The Morgan fingerprint density at radius 3 is 2.93 bits per heavy atom. The Hall–Kier alpha value is -2.77. The summed E-state index contributed by atoms with van der Waals surface area (Å²) in [5, 5.41) is 6.29. The van der Waals surface area contributed by atoms with Gasteiger partial charge in [0.25, 0.3) is 0 Å². The van der Waals surface area contributed by atoms with Crippen LogP contribution in [-0.2, 0) is 19.4 Å². The van der Waals surface area contributed by atoms with Crippen LogP contribution in [0.15, 0.2) is 48.8 Å². The summed E-state index contributed by atoms with van der Waals surface area (Å²) in [4.78, 5) is 22.7. The van der Waals surface area contributed by atoms with Crippen LogP contribution in [0.1, 0.15) is 41.4 Å². The summed E-state index contributed by atoms with van der Waals surface area (Å²) in [6, 6.07) is 8.54. The predicted molar refractivity (Wildman–Crippen MR) is 117 cm³/mol. The van der Waals surface area contributed by atoms with Gasteiger partial charge in [-0.05, 0) is 42.5 Å². The molecular formula is C23H30N6O. The van der Waals surface area contributed by atoms with Gasteiger partial charge in [-0.2, -0.15) is 0 Å². The molecule has 0 saturated heterocycles. The average molecular weight is 407 g/mol. The molecule has 2 amide bonds. The zero-order valence-electron chi connectivity index (χ0n) is 17.3. The van der Waals surface area contributed by atoms with E-state index in [4.69, 9.17) is 10.7 Å². The SMILES string of the molecule is NC(=O)NC/C=C\CN(C[C@H]1Cc2ncccc2CN1)[C@H]1CCCc2cccnc21. The van der Waals surface area contributed by atoms with Crippen LogP contribution < -0.4 is 16.4 Å². The minimum Gasteiger partial charge on any atom is -0.352 e. The van der Waals surface area contributed by atoms with E-state index in [1.807, 2.05) is 30.6 Å². The molecule has 1 aliphatic heterocycles. The van der Waals surface area contributed by atoms with Crippen molar-refractivity contribution in [3.63, 3.8) is 0 Å². The van der Waals surface area contributed by atoms with Gasteiger partial charge in [0, 0.05) is 56.7 Å². The smallest absolute Gasteiger partial charge is 0.312 e. The topological polar surface area (TPSA) is 96.2 Å². The van der Waals surface area contributed by atoms with Crippen molar-refractivity contribution in [2.24, 2.45) is 5.73 Å². The number of aryl methyl sites for hydroxylation is 1. The van der Waals surface area contributed by atoms with Crippen LogP contribution >= 0.6 is 0 Å². The van der Waals surface area contributed by atoms with Crippen molar-refractivity contribution >= 4 is 6.03 Å². The molecule has 1 aliphatic carbocycles. The number of nitrogens with zero attached hydrogens (tertiary/aromatic N) is 3. The summed E-state index contributed by atoms with van der Waals surface area (Å²) in [5.41, 5.74) is 10.2. The van der Waals surface area contributed by atoms with E-state index in [0.717, 1.165) is 38.9 Å².